The summed E-state index contributed by atoms with van der Waals surface area (Å²) in [5, 5.41) is 9.44. The molecule has 0 spiro atoms. The molecule has 0 aromatic rings. The molecule has 0 saturated heterocycles. The van der Waals surface area contributed by atoms with Crippen molar-refractivity contribution < 1.29 is 19.1 Å². The second-order valence-corrected chi connectivity index (χ2v) is 5.24. The highest BCUT2D eigenvalue weighted by Gasteiger charge is 2.28. The molecule has 5 nitrogen and oxygen atoms in total. The molecule has 2 rings (SSSR count). The van der Waals surface area contributed by atoms with E-state index in [2.05, 4.69) is 0 Å². The molecule has 0 fully saturated rings. The van der Waals surface area contributed by atoms with E-state index in [0.29, 0.717) is 22.3 Å². The lowest BCUT2D eigenvalue weighted by atomic mass is 9.95. The van der Waals surface area contributed by atoms with Crippen LogP contribution < -0.4 is 0 Å². The van der Waals surface area contributed by atoms with E-state index in [1.165, 1.54) is 0 Å². The van der Waals surface area contributed by atoms with Crippen LogP contribution in [0.15, 0.2) is 30.3 Å². The van der Waals surface area contributed by atoms with Gasteiger partial charge in [0.1, 0.15) is 0 Å². The molecule has 0 heterocycles. The van der Waals surface area contributed by atoms with E-state index < -0.39 is 17.9 Å². The maximum absolute atomic E-state index is 12.3. The van der Waals surface area contributed by atoms with Gasteiger partial charge in [-0.15, -0.1) is 0 Å². The molecular weight excluding hydrogens is 306 g/mol. The molecule has 2 aliphatic rings. The van der Waals surface area contributed by atoms with Crippen LogP contribution >= 0.6 is 0 Å². The molecule has 0 N–H and O–H groups in total. The van der Waals surface area contributed by atoms with Crippen molar-refractivity contribution in [3.8, 4) is 17.2 Å². The summed E-state index contributed by atoms with van der Waals surface area (Å²) in [5.41, 5.74) is 3.08. The molecule has 0 saturated carbocycles. The average molecular weight is 325 g/mol. The first-order chi connectivity index (χ1) is 11.5. The van der Waals surface area contributed by atoms with Crippen molar-refractivity contribution in [3.05, 3.63) is 47.0 Å². The third kappa shape index (κ3) is 3.23. The first-order valence-corrected chi connectivity index (χ1v) is 7.80. The van der Waals surface area contributed by atoms with Gasteiger partial charge in [0.15, 0.2) is 5.92 Å². The van der Waals surface area contributed by atoms with E-state index in [4.69, 9.17) is 9.47 Å². The molecular formula is C19H19NO4. The fraction of sp³-hybridized carbons (Fsp3) is 0.316. The van der Waals surface area contributed by atoms with Crippen LogP contribution in [0.25, 0.3) is 11.1 Å². The predicted molar refractivity (Wildman–Crippen MR) is 88.7 cm³/mol. The van der Waals surface area contributed by atoms with Crippen LogP contribution in [0.1, 0.15) is 41.3 Å². The van der Waals surface area contributed by atoms with E-state index in [0.717, 1.165) is 5.56 Å². The summed E-state index contributed by atoms with van der Waals surface area (Å²) in [7, 11) is 0. The van der Waals surface area contributed by atoms with Crippen molar-refractivity contribution >= 4 is 11.9 Å². The molecule has 0 aliphatic heterocycles. The van der Waals surface area contributed by atoms with Crippen LogP contribution in [-0.4, -0.2) is 25.2 Å². The molecule has 1 atom stereocenters. The summed E-state index contributed by atoms with van der Waals surface area (Å²) in [4.78, 5) is 24.4. The van der Waals surface area contributed by atoms with E-state index in [1.54, 1.807) is 44.2 Å². The van der Waals surface area contributed by atoms with E-state index in [9.17, 15) is 14.9 Å². The Balaban J connectivity index is 2.61. The smallest absolute Gasteiger partial charge is 0.339 e. The SMILES string of the molecule is CCOC(=O)c1c(C)cc2c(C(C#N)C(=O)OCC)ccccc1-2. The summed E-state index contributed by atoms with van der Waals surface area (Å²) in [6.45, 7) is 5.73. The van der Waals surface area contributed by atoms with Crippen molar-refractivity contribution in [2.24, 2.45) is 0 Å². The predicted octanol–water partition coefficient (Wildman–Crippen LogP) is 3.45. The van der Waals surface area contributed by atoms with Crippen molar-refractivity contribution in [1.82, 2.24) is 0 Å². The number of esters is 2. The fourth-order valence-electron chi connectivity index (χ4n) is 2.73. The van der Waals surface area contributed by atoms with Gasteiger partial charge in [0.05, 0.1) is 24.8 Å². The molecule has 124 valence electrons. The maximum Gasteiger partial charge on any atom is 0.339 e. The van der Waals surface area contributed by atoms with Crippen molar-refractivity contribution in [2.45, 2.75) is 26.7 Å². The lowest BCUT2D eigenvalue weighted by Gasteiger charge is -2.11. The van der Waals surface area contributed by atoms with Gasteiger partial charge in [-0.2, -0.15) is 5.26 Å². The second-order valence-electron chi connectivity index (χ2n) is 5.24. The molecule has 0 aromatic heterocycles. The Hall–Kier alpha value is -2.87. The zero-order chi connectivity index (χ0) is 17.7. The van der Waals surface area contributed by atoms with Crippen molar-refractivity contribution in [3.63, 3.8) is 0 Å². The minimum absolute atomic E-state index is 0.202. The molecule has 24 heavy (non-hydrogen) atoms. The highest BCUT2D eigenvalue weighted by molar-refractivity contribution is 6.02. The van der Waals surface area contributed by atoms with Crippen LogP contribution in [0.3, 0.4) is 0 Å². The van der Waals surface area contributed by atoms with E-state index >= 15 is 0 Å². The van der Waals surface area contributed by atoms with Gasteiger partial charge in [0, 0.05) is 0 Å². The van der Waals surface area contributed by atoms with Gasteiger partial charge in [0.25, 0.3) is 0 Å². The number of fused-ring (bicyclic) bond motifs is 1. The van der Waals surface area contributed by atoms with E-state index in [1.807, 2.05) is 13.0 Å². The number of nitriles is 1. The first-order valence-electron chi connectivity index (χ1n) is 7.80. The third-order valence-corrected chi connectivity index (χ3v) is 3.72. The number of aryl methyl sites for hydroxylation is 1. The summed E-state index contributed by atoms with van der Waals surface area (Å²) >= 11 is 0. The highest BCUT2D eigenvalue weighted by Crippen LogP contribution is 2.37. The Morgan fingerprint density at radius 1 is 1.12 bits per heavy atom. The normalized spacial score (nSPS) is 11.6. The van der Waals surface area contributed by atoms with Gasteiger partial charge < -0.3 is 9.47 Å². The lowest BCUT2D eigenvalue weighted by Crippen LogP contribution is -2.14. The summed E-state index contributed by atoms with van der Waals surface area (Å²) in [5.74, 6) is -2.05. The Morgan fingerprint density at radius 3 is 2.42 bits per heavy atom. The summed E-state index contributed by atoms with van der Waals surface area (Å²) < 4.78 is 10.1. The minimum Gasteiger partial charge on any atom is -0.465 e. The molecule has 1 unspecified atom stereocenters. The summed E-state index contributed by atoms with van der Waals surface area (Å²) in [6, 6.07) is 10.8. The molecule has 5 heteroatoms. The average Bonchev–Trinajstić information content (AvgIpc) is 2.74. The largest absolute Gasteiger partial charge is 0.465 e. The number of hydrogen-bond acceptors (Lipinski definition) is 5. The van der Waals surface area contributed by atoms with E-state index in [-0.39, 0.29) is 13.2 Å². The van der Waals surface area contributed by atoms with Gasteiger partial charge in [0.2, 0.25) is 0 Å². The number of nitrogens with zero attached hydrogens (tertiary/aromatic N) is 1. The Bertz CT molecular complexity index is 776. The molecule has 0 bridgehead atoms. The molecule has 0 radical (unpaired) electrons. The maximum atomic E-state index is 12.3. The number of rotatable bonds is 5. The minimum atomic E-state index is -1.04. The molecule has 2 aliphatic carbocycles. The van der Waals surface area contributed by atoms with Crippen molar-refractivity contribution in [1.29, 1.82) is 5.26 Å². The number of ether oxygens (including phenoxy) is 2. The van der Waals surface area contributed by atoms with Gasteiger partial charge in [-0.1, -0.05) is 30.3 Å². The first kappa shape index (κ1) is 17.5. The fourth-order valence-corrected chi connectivity index (χ4v) is 2.73. The second kappa shape index (κ2) is 7.60. The standard InChI is InChI=1S/C19H19NO4/c1-4-23-18(21)16(11-20)13-8-6-7-9-14-15(13)10-12(3)17(14)19(22)24-5-2/h6-10,16H,4-5H2,1-3H3. The quantitative estimate of drug-likeness (QED) is 0.787. The van der Waals surface area contributed by atoms with Crippen LogP contribution in [0, 0.1) is 18.3 Å². The Labute approximate surface area is 141 Å². The van der Waals surface area contributed by atoms with Crippen LogP contribution in [0.4, 0.5) is 0 Å². The van der Waals surface area contributed by atoms with Gasteiger partial charge in [-0.25, -0.2) is 4.79 Å². The topological polar surface area (TPSA) is 76.4 Å². The molecule has 0 amide bonds. The Kier molecular flexibility index (Phi) is 5.54. The zero-order valence-electron chi connectivity index (χ0n) is 14.0. The van der Waals surface area contributed by atoms with Gasteiger partial charge >= 0.3 is 11.9 Å². The van der Waals surface area contributed by atoms with Crippen LogP contribution in [0.5, 0.6) is 0 Å². The summed E-state index contributed by atoms with van der Waals surface area (Å²) in [6.07, 6.45) is 0. The monoisotopic (exact) mass is 325 g/mol. The van der Waals surface area contributed by atoms with Crippen LogP contribution in [-0.2, 0) is 14.3 Å². The number of carbonyl (C=O) groups is 2. The number of hydrogen-bond donors (Lipinski definition) is 0. The van der Waals surface area contributed by atoms with Crippen molar-refractivity contribution in [2.75, 3.05) is 13.2 Å². The highest BCUT2D eigenvalue weighted by atomic mass is 16.5. The van der Waals surface area contributed by atoms with Gasteiger partial charge in [-0.05, 0) is 43.0 Å². The Morgan fingerprint density at radius 2 is 1.79 bits per heavy atom. The lowest BCUT2D eigenvalue weighted by molar-refractivity contribution is -0.143. The third-order valence-electron chi connectivity index (χ3n) is 3.72. The van der Waals surface area contributed by atoms with Gasteiger partial charge in [-0.3, -0.25) is 4.79 Å². The zero-order valence-corrected chi connectivity index (χ0v) is 14.0. The number of carbonyl (C=O) groups excluding carboxylic acids is 2. The molecule has 0 aromatic carbocycles. The van der Waals surface area contributed by atoms with Crippen LogP contribution in [0.2, 0.25) is 0 Å².